The Kier molecular flexibility index (Phi) is 3.53. The van der Waals surface area contributed by atoms with Gasteiger partial charge in [0, 0.05) is 0 Å². The van der Waals surface area contributed by atoms with Crippen molar-refractivity contribution in [2.45, 2.75) is 25.9 Å². The van der Waals surface area contributed by atoms with Crippen LogP contribution in [0.15, 0.2) is 36.9 Å². The summed E-state index contributed by atoms with van der Waals surface area (Å²) in [6, 6.07) is 7.60. The predicted molar refractivity (Wildman–Crippen MR) is 69.0 cm³/mol. The van der Waals surface area contributed by atoms with Crippen molar-refractivity contribution in [3.8, 4) is 0 Å². The summed E-state index contributed by atoms with van der Waals surface area (Å²) in [4.78, 5) is 12.2. The van der Waals surface area contributed by atoms with E-state index in [1.807, 2.05) is 24.3 Å². The molecule has 96 valence electrons. The topological polar surface area (TPSA) is 46.5 Å². The van der Waals surface area contributed by atoms with Crippen LogP contribution in [0, 0.1) is 5.41 Å². The Morgan fingerprint density at radius 3 is 2.94 bits per heavy atom. The van der Waals surface area contributed by atoms with Gasteiger partial charge in [0.2, 0.25) is 0 Å². The van der Waals surface area contributed by atoms with Crippen molar-refractivity contribution in [3.05, 3.63) is 48.0 Å². The number of benzene rings is 1. The maximum atomic E-state index is 12.2. The molecule has 0 spiro atoms. The maximum Gasteiger partial charge on any atom is 0.315 e. The first-order chi connectivity index (χ1) is 8.65. The van der Waals surface area contributed by atoms with Gasteiger partial charge in [-0.1, -0.05) is 30.3 Å². The van der Waals surface area contributed by atoms with Crippen molar-refractivity contribution < 1.29 is 14.6 Å². The summed E-state index contributed by atoms with van der Waals surface area (Å²) in [5.41, 5.74) is 0.939. The average Bonchev–Trinajstić information content (AvgIpc) is 2.65. The molecule has 2 rings (SSSR count). The molecule has 0 bridgehead atoms. The second kappa shape index (κ2) is 4.94. The van der Waals surface area contributed by atoms with Crippen LogP contribution in [0.2, 0.25) is 0 Å². The largest absolute Gasteiger partial charge is 0.465 e. The van der Waals surface area contributed by atoms with Crippen LogP contribution in [-0.2, 0) is 16.0 Å². The molecule has 3 heteroatoms. The summed E-state index contributed by atoms with van der Waals surface area (Å²) in [6.07, 6.45) is 1.79. The molecule has 1 N–H and O–H groups in total. The zero-order valence-electron chi connectivity index (χ0n) is 10.6. The molecule has 1 aromatic rings. The van der Waals surface area contributed by atoms with Gasteiger partial charge in [-0.15, -0.1) is 6.58 Å². The van der Waals surface area contributed by atoms with Crippen LogP contribution in [-0.4, -0.2) is 17.7 Å². The number of carbonyl (C=O) groups excluding carboxylic acids is 1. The van der Waals surface area contributed by atoms with E-state index in [0.717, 1.165) is 11.1 Å². The lowest BCUT2D eigenvalue weighted by atomic mass is 9.79. The van der Waals surface area contributed by atoms with Crippen molar-refractivity contribution in [1.82, 2.24) is 0 Å². The van der Waals surface area contributed by atoms with Crippen LogP contribution in [0.3, 0.4) is 0 Å². The van der Waals surface area contributed by atoms with Crippen LogP contribution in [0.1, 0.15) is 30.6 Å². The quantitative estimate of drug-likeness (QED) is 0.655. The standard InChI is InChI=1S/C15H18O3/c1-3-9-15(14(17)18-4-2)10-11-7-5-6-8-12(11)13(15)16/h3,5-8,13,16H,1,4,9-10H2,2H3/t13-,15+/m0/s1. The molecule has 3 nitrogen and oxygen atoms in total. The van der Waals surface area contributed by atoms with E-state index in [1.165, 1.54) is 0 Å². The highest BCUT2D eigenvalue weighted by Gasteiger charge is 2.51. The van der Waals surface area contributed by atoms with E-state index in [4.69, 9.17) is 4.74 Å². The van der Waals surface area contributed by atoms with Gasteiger partial charge in [0.05, 0.1) is 12.7 Å². The Morgan fingerprint density at radius 2 is 2.33 bits per heavy atom. The summed E-state index contributed by atoms with van der Waals surface area (Å²) >= 11 is 0. The van der Waals surface area contributed by atoms with Gasteiger partial charge in [-0.25, -0.2) is 0 Å². The van der Waals surface area contributed by atoms with Gasteiger partial charge in [0.25, 0.3) is 0 Å². The van der Waals surface area contributed by atoms with Crippen molar-refractivity contribution in [1.29, 1.82) is 0 Å². The number of allylic oxidation sites excluding steroid dienone is 1. The molecule has 1 aliphatic rings. The fraction of sp³-hybridized carbons (Fsp3) is 0.400. The number of aliphatic hydroxyl groups is 1. The van der Waals surface area contributed by atoms with Gasteiger partial charge < -0.3 is 9.84 Å². The van der Waals surface area contributed by atoms with Crippen molar-refractivity contribution in [2.24, 2.45) is 5.41 Å². The van der Waals surface area contributed by atoms with Gasteiger partial charge in [-0.05, 0) is 30.9 Å². The molecule has 2 atom stereocenters. The zero-order valence-corrected chi connectivity index (χ0v) is 10.6. The van der Waals surface area contributed by atoms with E-state index >= 15 is 0 Å². The summed E-state index contributed by atoms with van der Waals surface area (Å²) in [7, 11) is 0. The maximum absolute atomic E-state index is 12.2. The number of rotatable bonds is 4. The van der Waals surface area contributed by atoms with E-state index in [9.17, 15) is 9.90 Å². The first-order valence-electron chi connectivity index (χ1n) is 6.19. The molecule has 0 aliphatic heterocycles. The Labute approximate surface area is 107 Å². The third-order valence-corrected chi connectivity index (χ3v) is 3.57. The molecular weight excluding hydrogens is 228 g/mol. The van der Waals surface area contributed by atoms with Crippen molar-refractivity contribution in [2.75, 3.05) is 6.61 Å². The first kappa shape index (κ1) is 12.8. The number of esters is 1. The minimum Gasteiger partial charge on any atom is -0.465 e. The highest BCUT2D eigenvalue weighted by molar-refractivity contribution is 5.80. The molecule has 0 radical (unpaired) electrons. The van der Waals surface area contributed by atoms with Gasteiger partial charge >= 0.3 is 5.97 Å². The molecule has 0 aromatic heterocycles. The minimum absolute atomic E-state index is 0.320. The van der Waals surface area contributed by atoms with Crippen molar-refractivity contribution in [3.63, 3.8) is 0 Å². The van der Waals surface area contributed by atoms with Gasteiger partial charge in [-0.3, -0.25) is 4.79 Å². The summed E-state index contributed by atoms with van der Waals surface area (Å²) in [5.74, 6) is -0.339. The summed E-state index contributed by atoms with van der Waals surface area (Å²) in [6.45, 7) is 5.78. The molecular formula is C15H18O3. The van der Waals surface area contributed by atoms with Crippen molar-refractivity contribution >= 4 is 5.97 Å². The first-order valence-corrected chi connectivity index (χ1v) is 6.19. The third kappa shape index (κ3) is 1.85. The lowest BCUT2D eigenvalue weighted by Gasteiger charge is -2.29. The lowest BCUT2D eigenvalue weighted by Crippen LogP contribution is -2.36. The molecule has 0 unspecified atom stereocenters. The molecule has 18 heavy (non-hydrogen) atoms. The smallest absolute Gasteiger partial charge is 0.315 e. The monoisotopic (exact) mass is 246 g/mol. The number of hydrogen-bond acceptors (Lipinski definition) is 3. The van der Waals surface area contributed by atoms with E-state index in [-0.39, 0.29) is 5.97 Å². The fourth-order valence-corrected chi connectivity index (χ4v) is 2.68. The molecule has 0 amide bonds. The molecule has 1 aromatic carbocycles. The van der Waals surface area contributed by atoms with Crippen LogP contribution in [0.5, 0.6) is 0 Å². The Balaban J connectivity index is 2.40. The van der Waals surface area contributed by atoms with Crippen LogP contribution in [0.4, 0.5) is 0 Å². The van der Waals surface area contributed by atoms with Crippen LogP contribution < -0.4 is 0 Å². The normalized spacial score (nSPS) is 25.6. The van der Waals surface area contributed by atoms with E-state index in [1.54, 1.807) is 13.0 Å². The average molecular weight is 246 g/mol. The van der Waals surface area contributed by atoms with E-state index in [0.29, 0.717) is 19.4 Å². The zero-order chi connectivity index (χ0) is 13.2. The number of ether oxygens (including phenoxy) is 1. The number of hydrogen-bond donors (Lipinski definition) is 1. The second-order valence-corrected chi connectivity index (χ2v) is 4.65. The highest BCUT2D eigenvalue weighted by Crippen LogP contribution is 2.49. The van der Waals surface area contributed by atoms with Gasteiger partial charge in [-0.2, -0.15) is 0 Å². The summed E-state index contributed by atoms with van der Waals surface area (Å²) < 4.78 is 5.14. The third-order valence-electron chi connectivity index (χ3n) is 3.57. The highest BCUT2D eigenvalue weighted by atomic mass is 16.5. The number of carbonyl (C=O) groups is 1. The van der Waals surface area contributed by atoms with Crippen LogP contribution in [0.25, 0.3) is 0 Å². The Hall–Kier alpha value is -1.61. The van der Waals surface area contributed by atoms with Gasteiger partial charge in [0.15, 0.2) is 0 Å². The molecule has 0 saturated heterocycles. The molecule has 1 aliphatic carbocycles. The summed E-state index contributed by atoms with van der Waals surface area (Å²) in [5, 5.41) is 10.5. The van der Waals surface area contributed by atoms with Crippen LogP contribution >= 0.6 is 0 Å². The Morgan fingerprint density at radius 1 is 1.61 bits per heavy atom. The Bertz CT molecular complexity index is 467. The second-order valence-electron chi connectivity index (χ2n) is 4.65. The van der Waals surface area contributed by atoms with E-state index in [2.05, 4.69) is 6.58 Å². The predicted octanol–water partition coefficient (Wildman–Crippen LogP) is 2.40. The van der Waals surface area contributed by atoms with E-state index < -0.39 is 11.5 Å². The molecule has 0 saturated carbocycles. The molecule has 0 heterocycles. The van der Waals surface area contributed by atoms with Gasteiger partial charge in [0.1, 0.15) is 5.41 Å². The number of fused-ring (bicyclic) bond motifs is 1. The minimum atomic E-state index is -0.901. The lowest BCUT2D eigenvalue weighted by molar-refractivity contribution is -0.162. The fourth-order valence-electron chi connectivity index (χ4n) is 2.68. The number of aliphatic hydroxyl groups excluding tert-OH is 1. The SMILES string of the molecule is C=CC[C@@]1(C(=O)OCC)Cc2ccccc2[C@@H]1O. The molecule has 0 fully saturated rings.